The van der Waals surface area contributed by atoms with Gasteiger partial charge in [0.15, 0.2) is 0 Å². The number of aromatic nitrogens is 2. The third-order valence-corrected chi connectivity index (χ3v) is 4.32. The quantitative estimate of drug-likeness (QED) is 0.849. The fraction of sp³-hybridized carbons (Fsp3) is 0.333. The van der Waals surface area contributed by atoms with Crippen LogP contribution in [0.25, 0.3) is 0 Å². The second-order valence-corrected chi connectivity index (χ2v) is 5.73. The molecule has 0 spiro atoms. The molecule has 3 N–H and O–H groups in total. The Morgan fingerprint density at radius 1 is 1.41 bits per heavy atom. The highest BCUT2D eigenvalue weighted by atomic mass is 35.5. The van der Waals surface area contributed by atoms with Crippen LogP contribution in [0.15, 0.2) is 24.3 Å². The minimum Gasteiger partial charge on any atom is -0.396 e. The topological polar surface area (TPSA) is 75.3 Å². The zero-order valence-electron chi connectivity index (χ0n) is 12.0. The lowest BCUT2D eigenvalue weighted by Crippen LogP contribution is -2.27. The second-order valence-electron chi connectivity index (χ2n) is 5.37. The first-order valence-electron chi connectivity index (χ1n) is 6.97. The van der Waals surface area contributed by atoms with Gasteiger partial charge in [-0.25, -0.2) is 9.37 Å². The van der Waals surface area contributed by atoms with Gasteiger partial charge in [0, 0.05) is 18.0 Å². The average Bonchev–Trinajstić information content (AvgIpc) is 2.86. The van der Waals surface area contributed by atoms with E-state index in [9.17, 15) is 9.50 Å². The van der Waals surface area contributed by atoms with E-state index in [2.05, 4.69) is 9.97 Å². The summed E-state index contributed by atoms with van der Waals surface area (Å²) in [5.74, 6) is 0.290. The standard InChI is InChI=1S/C15H16ClFN4O/c1-8(9-2-4-11(17)5-3-9)21-6-10(7-22)12-13(16)19-15(18)20-14(12)21/h2-5,8,10,22H,6-7H2,1H3,(H2,18,19,20). The summed E-state index contributed by atoms with van der Waals surface area (Å²) in [6.45, 7) is 2.50. The van der Waals surface area contributed by atoms with Crippen LogP contribution in [0.4, 0.5) is 16.2 Å². The van der Waals surface area contributed by atoms with E-state index in [0.717, 1.165) is 5.56 Å². The maximum atomic E-state index is 13.1. The highest BCUT2D eigenvalue weighted by Gasteiger charge is 2.35. The van der Waals surface area contributed by atoms with Crippen LogP contribution < -0.4 is 10.6 Å². The van der Waals surface area contributed by atoms with Crippen LogP contribution in [-0.2, 0) is 0 Å². The van der Waals surface area contributed by atoms with Crippen molar-refractivity contribution >= 4 is 23.4 Å². The SMILES string of the molecule is CC(c1ccc(F)cc1)N1CC(CO)c2c(Cl)nc(N)nc21. The Balaban J connectivity index is 2.01. The van der Waals surface area contributed by atoms with Gasteiger partial charge in [-0.15, -0.1) is 0 Å². The molecule has 0 bridgehead atoms. The summed E-state index contributed by atoms with van der Waals surface area (Å²) in [7, 11) is 0. The summed E-state index contributed by atoms with van der Waals surface area (Å²) in [5.41, 5.74) is 7.35. The van der Waals surface area contributed by atoms with E-state index < -0.39 is 0 Å². The Morgan fingerprint density at radius 3 is 2.73 bits per heavy atom. The number of hydrogen-bond donors (Lipinski definition) is 2. The van der Waals surface area contributed by atoms with Crippen molar-refractivity contribution < 1.29 is 9.50 Å². The Bertz CT molecular complexity index is 695. The van der Waals surface area contributed by atoms with Crippen LogP contribution in [0.2, 0.25) is 5.15 Å². The monoisotopic (exact) mass is 322 g/mol. The molecule has 0 saturated heterocycles. The van der Waals surface area contributed by atoms with Crippen molar-refractivity contribution in [1.29, 1.82) is 0 Å². The van der Waals surface area contributed by atoms with Crippen molar-refractivity contribution in [3.05, 3.63) is 46.4 Å². The summed E-state index contributed by atoms with van der Waals surface area (Å²) in [6.07, 6.45) is 0. The van der Waals surface area contributed by atoms with Gasteiger partial charge in [-0.3, -0.25) is 0 Å². The predicted octanol–water partition coefficient (Wildman–Crippen LogP) is 2.51. The first kappa shape index (κ1) is 15.0. The number of rotatable bonds is 3. The van der Waals surface area contributed by atoms with Crippen LogP contribution in [0.3, 0.4) is 0 Å². The van der Waals surface area contributed by atoms with E-state index in [-0.39, 0.29) is 35.5 Å². The first-order chi connectivity index (χ1) is 10.5. The van der Waals surface area contributed by atoms with Crippen molar-refractivity contribution in [2.45, 2.75) is 18.9 Å². The van der Waals surface area contributed by atoms with Crippen LogP contribution in [0.1, 0.15) is 30.0 Å². The number of halogens is 2. The van der Waals surface area contributed by atoms with Crippen LogP contribution >= 0.6 is 11.6 Å². The van der Waals surface area contributed by atoms with Gasteiger partial charge in [-0.1, -0.05) is 23.7 Å². The van der Waals surface area contributed by atoms with Crippen molar-refractivity contribution in [3.63, 3.8) is 0 Å². The molecule has 2 unspecified atom stereocenters. The van der Waals surface area contributed by atoms with Crippen molar-refractivity contribution in [2.75, 3.05) is 23.8 Å². The van der Waals surface area contributed by atoms with Crippen molar-refractivity contribution in [2.24, 2.45) is 0 Å². The number of nitrogens with two attached hydrogens (primary N) is 1. The average molecular weight is 323 g/mol. The molecular formula is C15H16ClFN4O. The molecule has 0 amide bonds. The molecule has 7 heteroatoms. The van der Waals surface area contributed by atoms with Crippen molar-refractivity contribution in [3.8, 4) is 0 Å². The maximum Gasteiger partial charge on any atom is 0.223 e. The smallest absolute Gasteiger partial charge is 0.223 e. The van der Waals surface area contributed by atoms with Crippen LogP contribution in [0.5, 0.6) is 0 Å². The number of nitrogens with zero attached hydrogens (tertiary/aromatic N) is 3. The Hall–Kier alpha value is -1.92. The Labute approximate surface area is 132 Å². The van der Waals surface area contributed by atoms with E-state index in [0.29, 0.717) is 17.9 Å². The van der Waals surface area contributed by atoms with Crippen molar-refractivity contribution in [1.82, 2.24) is 9.97 Å². The van der Waals surface area contributed by atoms with Gasteiger partial charge in [0.2, 0.25) is 5.95 Å². The minimum absolute atomic E-state index is 0.0490. The lowest BCUT2D eigenvalue weighted by atomic mass is 10.1. The summed E-state index contributed by atoms with van der Waals surface area (Å²) < 4.78 is 13.1. The molecular weight excluding hydrogens is 307 g/mol. The largest absolute Gasteiger partial charge is 0.396 e. The van der Waals surface area contributed by atoms with E-state index in [1.807, 2.05) is 11.8 Å². The molecule has 2 heterocycles. The van der Waals surface area contributed by atoms with Crippen LogP contribution in [0, 0.1) is 5.82 Å². The van der Waals surface area contributed by atoms with E-state index in [1.54, 1.807) is 12.1 Å². The molecule has 0 fully saturated rings. The molecule has 0 saturated carbocycles. The zero-order valence-corrected chi connectivity index (χ0v) is 12.8. The third kappa shape index (κ3) is 2.48. The molecule has 0 radical (unpaired) electrons. The Kier molecular flexibility index (Phi) is 3.88. The van der Waals surface area contributed by atoms with Gasteiger partial charge in [0.05, 0.1) is 12.6 Å². The second kappa shape index (κ2) is 5.70. The molecule has 22 heavy (non-hydrogen) atoms. The highest BCUT2D eigenvalue weighted by molar-refractivity contribution is 6.30. The normalized spacial score (nSPS) is 18.4. The molecule has 2 atom stereocenters. The van der Waals surface area contributed by atoms with E-state index >= 15 is 0 Å². The van der Waals surface area contributed by atoms with Gasteiger partial charge < -0.3 is 15.7 Å². The fourth-order valence-corrected chi connectivity index (χ4v) is 3.17. The lowest BCUT2D eigenvalue weighted by Gasteiger charge is -2.27. The molecule has 3 rings (SSSR count). The number of hydrogen-bond acceptors (Lipinski definition) is 5. The van der Waals surface area contributed by atoms with Gasteiger partial charge >= 0.3 is 0 Å². The van der Waals surface area contributed by atoms with Crippen LogP contribution in [-0.4, -0.2) is 28.2 Å². The number of fused-ring (bicyclic) bond motifs is 1. The Morgan fingerprint density at radius 2 is 2.09 bits per heavy atom. The highest BCUT2D eigenvalue weighted by Crippen LogP contribution is 2.42. The third-order valence-electron chi connectivity index (χ3n) is 4.03. The summed E-state index contributed by atoms with van der Waals surface area (Å²) >= 11 is 6.17. The summed E-state index contributed by atoms with van der Waals surface area (Å²) in [6, 6.07) is 6.26. The molecule has 1 aromatic carbocycles. The molecule has 1 aliphatic rings. The number of aliphatic hydroxyl groups is 1. The van der Waals surface area contributed by atoms with Gasteiger partial charge in [0.1, 0.15) is 16.8 Å². The number of anilines is 2. The molecule has 1 aliphatic heterocycles. The molecule has 5 nitrogen and oxygen atoms in total. The molecule has 116 valence electrons. The predicted molar refractivity (Wildman–Crippen MR) is 83.4 cm³/mol. The lowest BCUT2D eigenvalue weighted by molar-refractivity contribution is 0.269. The van der Waals surface area contributed by atoms with Gasteiger partial charge in [-0.2, -0.15) is 4.98 Å². The number of nitrogen functional groups attached to an aromatic ring is 1. The zero-order chi connectivity index (χ0) is 15.9. The van der Waals surface area contributed by atoms with Gasteiger partial charge in [-0.05, 0) is 24.6 Å². The molecule has 1 aromatic heterocycles. The van der Waals surface area contributed by atoms with E-state index in [4.69, 9.17) is 17.3 Å². The minimum atomic E-state index is -0.277. The maximum absolute atomic E-state index is 13.1. The van der Waals surface area contributed by atoms with Gasteiger partial charge in [0.25, 0.3) is 0 Å². The van der Waals surface area contributed by atoms with E-state index in [1.165, 1.54) is 12.1 Å². The molecule has 0 aliphatic carbocycles. The number of benzene rings is 1. The number of aliphatic hydroxyl groups excluding tert-OH is 1. The summed E-state index contributed by atoms with van der Waals surface area (Å²) in [4.78, 5) is 10.3. The first-order valence-corrected chi connectivity index (χ1v) is 7.35. The molecule has 2 aromatic rings. The summed E-state index contributed by atoms with van der Waals surface area (Å²) in [5, 5.41) is 9.86. The fourth-order valence-electron chi connectivity index (χ4n) is 2.84.